The molecule has 0 aromatic heterocycles. The monoisotopic (exact) mass is 203 g/mol. The van der Waals surface area contributed by atoms with Crippen molar-refractivity contribution in [3.63, 3.8) is 0 Å². The minimum Gasteiger partial charge on any atom is -0.457 e. The van der Waals surface area contributed by atoms with E-state index in [0.717, 1.165) is 0 Å². The van der Waals surface area contributed by atoms with E-state index in [9.17, 15) is 9.59 Å². The highest BCUT2D eigenvalue weighted by atomic mass is 16.6. The Morgan fingerprint density at radius 2 is 1.86 bits per heavy atom. The van der Waals surface area contributed by atoms with Crippen molar-refractivity contribution >= 4 is 12.1 Å². The van der Waals surface area contributed by atoms with Crippen LogP contribution in [-0.4, -0.2) is 24.3 Å². The summed E-state index contributed by atoms with van der Waals surface area (Å²) in [5.74, 6) is -0.414. The zero-order chi connectivity index (χ0) is 11.4. The number of hydrogen-bond acceptors (Lipinski definition) is 4. The minimum absolute atomic E-state index is 0.181. The molecule has 0 spiro atoms. The van der Waals surface area contributed by atoms with Gasteiger partial charge in [0.2, 0.25) is 0 Å². The molecular weight excluding hydrogens is 186 g/mol. The van der Waals surface area contributed by atoms with E-state index in [2.05, 4.69) is 4.74 Å². The molecular formula is C9H17NO4. The highest BCUT2D eigenvalue weighted by Crippen LogP contribution is 2.20. The van der Waals surface area contributed by atoms with Gasteiger partial charge >= 0.3 is 12.1 Å². The van der Waals surface area contributed by atoms with Crippen LogP contribution in [0.2, 0.25) is 0 Å². The molecule has 82 valence electrons. The fourth-order valence-corrected chi connectivity index (χ4v) is 0.571. The summed E-state index contributed by atoms with van der Waals surface area (Å²) in [5, 5.41) is 0. The van der Waals surface area contributed by atoms with Crippen molar-refractivity contribution in [3.8, 4) is 0 Å². The Hall–Kier alpha value is -1.26. The summed E-state index contributed by atoms with van der Waals surface area (Å²) in [4.78, 5) is 21.3. The molecule has 5 heteroatoms. The first kappa shape index (κ1) is 12.7. The van der Waals surface area contributed by atoms with Crippen molar-refractivity contribution in [2.45, 2.75) is 33.3 Å². The summed E-state index contributed by atoms with van der Waals surface area (Å²) < 4.78 is 9.37. The van der Waals surface area contributed by atoms with Crippen LogP contribution < -0.4 is 5.73 Å². The van der Waals surface area contributed by atoms with Crippen LogP contribution >= 0.6 is 0 Å². The molecule has 2 N–H and O–H groups in total. The maximum atomic E-state index is 11.1. The first-order valence-electron chi connectivity index (χ1n) is 4.39. The number of amides is 1. The Bertz CT molecular complexity index is 223. The molecule has 14 heavy (non-hydrogen) atoms. The summed E-state index contributed by atoms with van der Waals surface area (Å²) in [6.45, 7) is 7.01. The molecule has 5 nitrogen and oxygen atoms in total. The van der Waals surface area contributed by atoms with Crippen LogP contribution in [0, 0.1) is 5.92 Å². The van der Waals surface area contributed by atoms with E-state index >= 15 is 0 Å². The first-order chi connectivity index (χ1) is 6.25. The summed E-state index contributed by atoms with van der Waals surface area (Å²) in [7, 11) is 0. The number of carbonyl (C=O) groups excluding carboxylic acids is 2. The number of esters is 1. The second-order valence-corrected chi connectivity index (χ2v) is 3.84. The second kappa shape index (κ2) is 4.83. The molecule has 0 fully saturated rings. The molecule has 0 aliphatic heterocycles. The van der Waals surface area contributed by atoms with Gasteiger partial charge in [0.1, 0.15) is 5.60 Å². The lowest BCUT2D eigenvalue weighted by atomic mass is 9.95. The summed E-state index contributed by atoms with van der Waals surface area (Å²) in [5.41, 5.74) is 4.12. The van der Waals surface area contributed by atoms with Gasteiger partial charge in [0, 0.05) is 0 Å². The van der Waals surface area contributed by atoms with Crippen molar-refractivity contribution in [1.29, 1.82) is 0 Å². The highest BCUT2D eigenvalue weighted by Gasteiger charge is 2.27. The van der Waals surface area contributed by atoms with Crippen molar-refractivity contribution in [1.82, 2.24) is 0 Å². The molecule has 1 amide bonds. The topological polar surface area (TPSA) is 78.6 Å². The van der Waals surface area contributed by atoms with Crippen molar-refractivity contribution in [2.24, 2.45) is 11.7 Å². The van der Waals surface area contributed by atoms with E-state index in [1.807, 2.05) is 13.8 Å². The van der Waals surface area contributed by atoms with Gasteiger partial charge in [0.15, 0.2) is 6.61 Å². The molecule has 0 saturated carbocycles. The summed E-state index contributed by atoms with van der Waals surface area (Å²) in [6.07, 6.45) is -0.982. The minimum atomic E-state index is -0.982. The third-order valence-corrected chi connectivity index (χ3v) is 2.10. The Morgan fingerprint density at radius 1 is 1.36 bits per heavy atom. The summed E-state index contributed by atoms with van der Waals surface area (Å²) >= 11 is 0. The third kappa shape index (κ3) is 4.69. The molecule has 0 unspecified atom stereocenters. The lowest BCUT2D eigenvalue weighted by molar-refractivity contribution is -0.163. The van der Waals surface area contributed by atoms with Gasteiger partial charge in [0.05, 0.1) is 0 Å². The number of carbonyl (C=O) groups is 2. The Labute approximate surface area is 83.5 Å². The van der Waals surface area contributed by atoms with Crippen molar-refractivity contribution in [2.75, 3.05) is 6.61 Å². The number of nitrogens with two attached hydrogens (primary N) is 1. The van der Waals surface area contributed by atoms with Crippen molar-refractivity contribution in [3.05, 3.63) is 0 Å². The normalized spacial score (nSPS) is 11.2. The predicted octanol–water partition coefficient (Wildman–Crippen LogP) is 1.06. The highest BCUT2D eigenvalue weighted by molar-refractivity contribution is 5.75. The molecule has 0 bridgehead atoms. The average Bonchev–Trinajstić information content (AvgIpc) is 1.99. The van der Waals surface area contributed by atoms with E-state index in [1.165, 1.54) is 0 Å². The third-order valence-electron chi connectivity index (χ3n) is 2.10. The fourth-order valence-electron chi connectivity index (χ4n) is 0.571. The van der Waals surface area contributed by atoms with Gasteiger partial charge < -0.3 is 15.2 Å². The molecule has 0 aliphatic carbocycles. The zero-order valence-electron chi connectivity index (χ0n) is 8.99. The van der Waals surface area contributed by atoms with Gasteiger partial charge in [-0.15, -0.1) is 0 Å². The lowest BCUT2D eigenvalue weighted by Gasteiger charge is -2.28. The SMILES string of the molecule is CC(C)C(C)(C)OC(=O)COC(N)=O. The van der Waals surface area contributed by atoms with Crippen LogP contribution in [0.1, 0.15) is 27.7 Å². The van der Waals surface area contributed by atoms with Crippen LogP contribution in [0.25, 0.3) is 0 Å². The first-order valence-corrected chi connectivity index (χ1v) is 4.39. The zero-order valence-corrected chi connectivity index (χ0v) is 8.99. The van der Waals surface area contributed by atoms with Crippen LogP contribution in [0.3, 0.4) is 0 Å². The second-order valence-electron chi connectivity index (χ2n) is 3.84. The largest absolute Gasteiger partial charge is 0.457 e. The van der Waals surface area contributed by atoms with Crippen LogP contribution in [0.5, 0.6) is 0 Å². The number of rotatable bonds is 4. The molecule has 0 aromatic carbocycles. The molecule has 0 aromatic rings. The lowest BCUT2D eigenvalue weighted by Crippen LogP contribution is -2.35. The Kier molecular flexibility index (Phi) is 4.40. The van der Waals surface area contributed by atoms with Gasteiger partial charge in [-0.1, -0.05) is 13.8 Å². The van der Waals surface area contributed by atoms with E-state index in [-0.39, 0.29) is 5.92 Å². The van der Waals surface area contributed by atoms with E-state index in [0.29, 0.717) is 0 Å². The molecule has 0 atom stereocenters. The molecule has 0 heterocycles. The number of primary amides is 1. The summed E-state index contributed by atoms with van der Waals surface area (Å²) in [6, 6.07) is 0. The standard InChI is InChI=1S/C9H17NO4/c1-6(2)9(3,4)14-7(11)5-13-8(10)12/h6H,5H2,1-4H3,(H2,10,12). The van der Waals surface area contributed by atoms with Crippen LogP contribution in [-0.2, 0) is 14.3 Å². The predicted molar refractivity (Wildman–Crippen MR) is 50.5 cm³/mol. The Balaban J connectivity index is 4.00. The average molecular weight is 203 g/mol. The van der Waals surface area contributed by atoms with Gasteiger partial charge in [0.25, 0.3) is 0 Å². The van der Waals surface area contributed by atoms with E-state index in [4.69, 9.17) is 10.5 Å². The van der Waals surface area contributed by atoms with Crippen LogP contribution in [0.15, 0.2) is 0 Å². The molecule has 0 aliphatic rings. The molecule has 0 radical (unpaired) electrons. The van der Waals surface area contributed by atoms with Gasteiger partial charge in [-0.05, 0) is 19.8 Å². The maximum Gasteiger partial charge on any atom is 0.405 e. The van der Waals surface area contributed by atoms with Gasteiger partial charge in [-0.3, -0.25) is 0 Å². The van der Waals surface area contributed by atoms with E-state index in [1.54, 1.807) is 13.8 Å². The van der Waals surface area contributed by atoms with E-state index < -0.39 is 24.3 Å². The van der Waals surface area contributed by atoms with Crippen molar-refractivity contribution < 1.29 is 19.1 Å². The smallest absolute Gasteiger partial charge is 0.405 e. The number of ether oxygens (including phenoxy) is 2. The molecule has 0 rings (SSSR count). The van der Waals surface area contributed by atoms with Gasteiger partial charge in [-0.2, -0.15) is 0 Å². The number of hydrogen-bond donors (Lipinski definition) is 1. The Morgan fingerprint density at radius 3 is 2.21 bits per heavy atom. The quantitative estimate of drug-likeness (QED) is 0.693. The van der Waals surface area contributed by atoms with Gasteiger partial charge in [-0.25, -0.2) is 9.59 Å². The van der Waals surface area contributed by atoms with Crippen LogP contribution in [0.4, 0.5) is 4.79 Å². The maximum absolute atomic E-state index is 11.1. The fraction of sp³-hybridized carbons (Fsp3) is 0.778. The molecule has 0 saturated heterocycles.